The van der Waals surface area contributed by atoms with Crippen molar-refractivity contribution in [3.63, 3.8) is 0 Å². The van der Waals surface area contributed by atoms with E-state index in [2.05, 4.69) is 10.6 Å². The maximum absolute atomic E-state index is 12.9. The summed E-state index contributed by atoms with van der Waals surface area (Å²) in [5.41, 5.74) is 1.24. The molecule has 1 aromatic carbocycles. The fourth-order valence-electron chi connectivity index (χ4n) is 3.69. The Bertz CT molecular complexity index is 743. The summed E-state index contributed by atoms with van der Waals surface area (Å²) in [7, 11) is -3.53. The van der Waals surface area contributed by atoms with Crippen molar-refractivity contribution in [2.45, 2.75) is 43.9 Å². The van der Waals surface area contributed by atoms with E-state index in [1.165, 1.54) is 10.4 Å². The molecule has 2 saturated heterocycles. The van der Waals surface area contributed by atoms with Gasteiger partial charge in [-0.25, -0.2) is 8.42 Å². The summed E-state index contributed by atoms with van der Waals surface area (Å²) < 4.78 is 27.3. The van der Waals surface area contributed by atoms with Gasteiger partial charge in [-0.05, 0) is 69.3 Å². The Morgan fingerprint density at radius 3 is 2.63 bits per heavy atom. The van der Waals surface area contributed by atoms with Crippen LogP contribution in [-0.4, -0.2) is 51.4 Å². The van der Waals surface area contributed by atoms with Crippen LogP contribution < -0.4 is 10.6 Å². The van der Waals surface area contributed by atoms with E-state index in [0.717, 1.165) is 50.8 Å². The second kappa shape index (κ2) is 9.87. The molecule has 1 amide bonds. The number of nitrogens with zero attached hydrogens (tertiary/aromatic N) is 1. The van der Waals surface area contributed by atoms with E-state index in [4.69, 9.17) is 0 Å². The van der Waals surface area contributed by atoms with E-state index in [0.29, 0.717) is 31.1 Å². The molecule has 2 aliphatic rings. The molecule has 3 rings (SSSR count). The molecule has 2 N–H and O–H groups in total. The normalized spacial score (nSPS) is 21.3. The highest BCUT2D eigenvalue weighted by molar-refractivity contribution is 7.89. The van der Waals surface area contributed by atoms with Gasteiger partial charge in [0.05, 0.1) is 4.90 Å². The molecule has 2 fully saturated rings. The molecule has 0 aliphatic carbocycles. The number of halogens is 1. The van der Waals surface area contributed by atoms with Gasteiger partial charge in [0.2, 0.25) is 10.0 Å². The third kappa shape index (κ3) is 5.44. The maximum atomic E-state index is 12.9. The van der Waals surface area contributed by atoms with Crippen LogP contribution >= 0.6 is 12.4 Å². The lowest BCUT2D eigenvalue weighted by Crippen LogP contribution is -2.38. The molecule has 2 heterocycles. The van der Waals surface area contributed by atoms with Gasteiger partial charge in [-0.15, -0.1) is 12.4 Å². The van der Waals surface area contributed by atoms with Crippen molar-refractivity contribution in [2.75, 3.05) is 32.7 Å². The summed E-state index contributed by atoms with van der Waals surface area (Å²) in [6.07, 6.45) is 5.10. The molecule has 0 saturated carbocycles. The average molecular weight is 416 g/mol. The SMILES string of the molecule is Cc1ccc(S(=O)(=O)N2CCCCC2)cc1C(=O)NCC1CCCNC1.Cl. The second-order valence-corrected chi connectivity index (χ2v) is 9.30. The quantitative estimate of drug-likeness (QED) is 0.773. The van der Waals surface area contributed by atoms with E-state index in [-0.39, 0.29) is 23.2 Å². The van der Waals surface area contributed by atoms with Crippen LogP contribution in [0.3, 0.4) is 0 Å². The number of aryl methyl sites for hydroxylation is 1. The molecule has 1 aromatic rings. The van der Waals surface area contributed by atoms with Gasteiger partial charge >= 0.3 is 0 Å². The zero-order valence-electron chi connectivity index (χ0n) is 15.9. The second-order valence-electron chi connectivity index (χ2n) is 7.36. The van der Waals surface area contributed by atoms with Crippen LogP contribution in [0.4, 0.5) is 0 Å². The van der Waals surface area contributed by atoms with Crippen molar-refractivity contribution < 1.29 is 13.2 Å². The smallest absolute Gasteiger partial charge is 0.251 e. The lowest BCUT2D eigenvalue weighted by Gasteiger charge is -2.26. The Morgan fingerprint density at radius 2 is 1.96 bits per heavy atom. The fraction of sp³-hybridized carbons (Fsp3) is 0.632. The van der Waals surface area contributed by atoms with Crippen molar-refractivity contribution >= 4 is 28.3 Å². The van der Waals surface area contributed by atoms with E-state index in [1.54, 1.807) is 12.1 Å². The van der Waals surface area contributed by atoms with Crippen LogP contribution in [0.5, 0.6) is 0 Å². The van der Waals surface area contributed by atoms with Crippen LogP contribution in [0.15, 0.2) is 23.1 Å². The number of benzene rings is 1. The number of nitrogens with one attached hydrogen (secondary N) is 2. The highest BCUT2D eigenvalue weighted by Crippen LogP contribution is 2.23. The van der Waals surface area contributed by atoms with Crippen LogP contribution in [0, 0.1) is 12.8 Å². The topological polar surface area (TPSA) is 78.5 Å². The summed E-state index contributed by atoms with van der Waals surface area (Å²) in [5, 5.41) is 6.32. The van der Waals surface area contributed by atoms with E-state index in [9.17, 15) is 13.2 Å². The third-order valence-corrected chi connectivity index (χ3v) is 7.25. The number of carbonyl (C=O) groups is 1. The molecule has 0 radical (unpaired) electrons. The number of rotatable bonds is 5. The van der Waals surface area contributed by atoms with Crippen LogP contribution in [0.25, 0.3) is 0 Å². The summed E-state index contributed by atoms with van der Waals surface area (Å²) >= 11 is 0. The summed E-state index contributed by atoms with van der Waals surface area (Å²) in [6.45, 7) is 5.55. The Hall–Kier alpha value is -1.15. The van der Waals surface area contributed by atoms with Crippen molar-refractivity contribution in [1.29, 1.82) is 0 Å². The Labute approximate surface area is 168 Å². The predicted octanol–water partition coefficient (Wildman–Crippen LogP) is 2.32. The molecule has 27 heavy (non-hydrogen) atoms. The van der Waals surface area contributed by atoms with Gasteiger partial charge < -0.3 is 10.6 Å². The zero-order valence-corrected chi connectivity index (χ0v) is 17.5. The minimum atomic E-state index is -3.53. The number of hydrogen-bond donors (Lipinski definition) is 2. The molecule has 152 valence electrons. The standard InChI is InChI=1S/C19H29N3O3S.ClH/c1-15-7-8-17(26(24,25)22-10-3-2-4-11-22)12-18(15)19(23)21-14-16-6-5-9-20-13-16;/h7-8,12,16,20H,2-6,9-11,13-14H2,1H3,(H,21,23);1H. The molecule has 2 aliphatic heterocycles. The van der Waals surface area contributed by atoms with E-state index >= 15 is 0 Å². The van der Waals surface area contributed by atoms with Crippen LogP contribution in [0.1, 0.15) is 48.0 Å². The van der Waals surface area contributed by atoms with Crippen molar-refractivity contribution in [1.82, 2.24) is 14.9 Å². The van der Waals surface area contributed by atoms with Gasteiger partial charge in [0.1, 0.15) is 0 Å². The first-order chi connectivity index (χ1) is 12.5. The molecule has 0 bridgehead atoms. The number of amides is 1. The highest BCUT2D eigenvalue weighted by atomic mass is 35.5. The minimum Gasteiger partial charge on any atom is -0.352 e. The molecule has 0 aromatic heterocycles. The van der Waals surface area contributed by atoms with Crippen LogP contribution in [-0.2, 0) is 10.0 Å². The highest BCUT2D eigenvalue weighted by Gasteiger charge is 2.27. The lowest BCUT2D eigenvalue weighted by atomic mass is 9.99. The predicted molar refractivity (Wildman–Crippen MR) is 109 cm³/mol. The maximum Gasteiger partial charge on any atom is 0.251 e. The Morgan fingerprint density at radius 1 is 1.22 bits per heavy atom. The molecule has 0 spiro atoms. The molecule has 1 unspecified atom stereocenters. The van der Waals surface area contributed by atoms with Gasteiger partial charge in [-0.3, -0.25) is 4.79 Å². The van der Waals surface area contributed by atoms with Crippen molar-refractivity contribution in [2.24, 2.45) is 5.92 Å². The number of hydrogen-bond acceptors (Lipinski definition) is 4. The monoisotopic (exact) mass is 415 g/mol. The first kappa shape index (κ1) is 22.1. The lowest BCUT2D eigenvalue weighted by molar-refractivity contribution is 0.0944. The third-order valence-electron chi connectivity index (χ3n) is 5.36. The fourth-order valence-corrected chi connectivity index (χ4v) is 5.23. The molecular weight excluding hydrogens is 386 g/mol. The number of piperidine rings is 2. The molecule has 6 nitrogen and oxygen atoms in total. The number of carbonyl (C=O) groups excluding carboxylic acids is 1. The largest absolute Gasteiger partial charge is 0.352 e. The van der Waals surface area contributed by atoms with Crippen molar-refractivity contribution in [3.8, 4) is 0 Å². The van der Waals surface area contributed by atoms with Crippen LogP contribution in [0.2, 0.25) is 0 Å². The van der Waals surface area contributed by atoms with E-state index in [1.807, 2.05) is 6.92 Å². The van der Waals surface area contributed by atoms with Gasteiger partial charge in [0.15, 0.2) is 0 Å². The Balaban J connectivity index is 0.00000261. The zero-order chi connectivity index (χ0) is 18.6. The summed E-state index contributed by atoms with van der Waals surface area (Å²) in [4.78, 5) is 12.8. The first-order valence-corrected chi connectivity index (χ1v) is 11.0. The van der Waals surface area contributed by atoms with Gasteiger partial charge in [-0.1, -0.05) is 12.5 Å². The Kier molecular flexibility index (Phi) is 8.09. The van der Waals surface area contributed by atoms with Gasteiger partial charge in [-0.2, -0.15) is 4.31 Å². The molecular formula is C19H30ClN3O3S. The van der Waals surface area contributed by atoms with Crippen molar-refractivity contribution in [3.05, 3.63) is 29.3 Å². The van der Waals surface area contributed by atoms with Gasteiger partial charge in [0.25, 0.3) is 5.91 Å². The first-order valence-electron chi connectivity index (χ1n) is 9.58. The molecule has 8 heteroatoms. The minimum absolute atomic E-state index is 0. The average Bonchev–Trinajstić information content (AvgIpc) is 2.68. The molecule has 1 atom stereocenters. The summed E-state index contributed by atoms with van der Waals surface area (Å²) in [6, 6.07) is 4.88. The van der Waals surface area contributed by atoms with Gasteiger partial charge in [0, 0.05) is 25.2 Å². The summed E-state index contributed by atoms with van der Waals surface area (Å²) in [5.74, 6) is 0.247. The number of sulfonamides is 1. The van der Waals surface area contributed by atoms with E-state index < -0.39 is 10.0 Å².